The molecule has 5 heteroatoms. The molecule has 0 saturated carbocycles. The molecule has 0 aromatic carbocycles. The quantitative estimate of drug-likeness (QED) is 0.810. The second-order valence-electron chi connectivity index (χ2n) is 7.72. The smallest absolute Gasteiger partial charge is 0.407 e. The van der Waals surface area contributed by atoms with Crippen molar-refractivity contribution in [1.29, 1.82) is 0 Å². The van der Waals surface area contributed by atoms with Crippen LogP contribution in [0.5, 0.6) is 0 Å². The van der Waals surface area contributed by atoms with Gasteiger partial charge in [-0.05, 0) is 36.5 Å². The third kappa shape index (κ3) is 3.70. The Bertz CT molecular complexity index is 477. The number of alkyl carbamates (subject to hydrolysis) is 1. The van der Waals surface area contributed by atoms with Crippen LogP contribution in [0.15, 0.2) is 12.2 Å². The number of nitrogens with zero attached hydrogens (tertiary/aromatic N) is 1. The highest BCUT2D eigenvalue weighted by Gasteiger charge is 2.48. The number of allylic oxidation sites excluding steroid dienone is 2. The number of likely N-dealkylation sites (tertiary alicyclic amines) is 1. The van der Waals surface area contributed by atoms with Crippen molar-refractivity contribution in [1.82, 2.24) is 10.2 Å². The molecular weight excluding hydrogens is 292 g/mol. The van der Waals surface area contributed by atoms with Gasteiger partial charge >= 0.3 is 6.09 Å². The number of amides is 2. The monoisotopic (exact) mass is 322 g/mol. The highest BCUT2D eigenvalue weighted by Crippen LogP contribution is 2.46. The standard InChI is InChI=1S/C18H30N2O3/c1-12(2)14-10-18(8-6-7-9-18)11-20(14)16(21)15(13(3)4)19-17(22)23-5/h6-7,12-15H,8-11H2,1-5H3,(H,19,22)/t14-,15-/m0/s1. The lowest BCUT2D eigenvalue weighted by Crippen LogP contribution is -2.53. The predicted octanol–water partition coefficient (Wildman–Crippen LogP) is 2.96. The number of methoxy groups -OCH3 is 1. The van der Waals surface area contributed by atoms with Gasteiger partial charge in [0, 0.05) is 12.6 Å². The van der Waals surface area contributed by atoms with Gasteiger partial charge in [0.25, 0.3) is 0 Å². The zero-order chi connectivity index (χ0) is 17.2. The van der Waals surface area contributed by atoms with Gasteiger partial charge < -0.3 is 15.0 Å². The maximum absolute atomic E-state index is 13.1. The summed E-state index contributed by atoms with van der Waals surface area (Å²) in [6, 6.07) is -0.295. The summed E-state index contributed by atoms with van der Waals surface area (Å²) in [4.78, 5) is 26.7. The Morgan fingerprint density at radius 2 is 1.83 bits per heavy atom. The minimum absolute atomic E-state index is 0.0210. The molecule has 2 atom stereocenters. The summed E-state index contributed by atoms with van der Waals surface area (Å²) in [5.74, 6) is 0.449. The van der Waals surface area contributed by atoms with Crippen molar-refractivity contribution in [2.75, 3.05) is 13.7 Å². The summed E-state index contributed by atoms with van der Waals surface area (Å²) in [5.41, 5.74) is 0.206. The van der Waals surface area contributed by atoms with Crippen LogP contribution in [0.3, 0.4) is 0 Å². The Labute approximate surface area is 139 Å². The van der Waals surface area contributed by atoms with Crippen molar-refractivity contribution in [3.63, 3.8) is 0 Å². The Hall–Kier alpha value is -1.52. The van der Waals surface area contributed by atoms with Gasteiger partial charge in [0.2, 0.25) is 5.91 Å². The van der Waals surface area contributed by atoms with Crippen LogP contribution in [0, 0.1) is 17.3 Å². The maximum Gasteiger partial charge on any atom is 0.407 e. The fraction of sp³-hybridized carbons (Fsp3) is 0.778. The molecule has 0 radical (unpaired) electrons. The van der Waals surface area contributed by atoms with Crippen molar-refractivity contribution in [3.8, 4) is 0 Å². The second-order valence-corrected chi connectivity index (χ2v) is 7.72. The van der Waals surface area contributed by atoms with Crippen molar-refractivity contribution in [2.24, 2.45) is 17.3 Å². The average Bonchev–Trinajstić information content (AvgIpc) is 3.11. The van der Waals surface area contributed by atoms with Crippen LogP contribution < -0.4 is 5.32 Å². The van der Waals surface area contributed by atoms with E-state index in [2.05, 4.69) is 36.1 Å². The summed E-state index contributed by atoms with van der Waals surface area (Å²) in [5, 5.41) is 2.71. The van der Waals surface area contributed by atoms with Gasteiger partial charge in [-0.3, -0.25) is 4.79 Å². The number of ether oxygens (including phenoxy) is 1. The topological polar surface area (TPSA) is 58.6 Å². The van der Waals surface area contributed by atoms with Crippen LogP contribution in [-0.2, 0) is 9.53 Å². The molecule has 2 rings (SSSR count). The van der Waals surface area contributed by atoms with Crippen molar-refractivity contribution >= 4 is 12.0 Å². The molecule has 1 saturated heterocycles. The highest BCUT2D eigenvalue weighted by molar-refractivity contribution is 5.86. The van der Waals surface area contributed by atoms with Crippen LogP contribution >= 0.6 is 0 Å². The lowest BCUT2D eigenvalue weighted by Gasteiger charge is -2.32. The Balaban J connectivity index is 2.18. The number of rotatable bonds is 4. The molecule has 1 aliphatic heterocycles. The SMILES string of the molecule is COC(=O)N[C@H](C(=O)N1CC2(CC=CC2)C[C@H]1C(C)C)C(C)C. The number of hydrogen-bond donors (Lipinski definition) is 1. The summed E-state index contributed by atoms with van der Waals surface area (Å²) in [6.07, 6.45) is 7.07. The Morgan fingerprint density at radius 1 is 1.22 bits per heavy atom. The minimum atomic E-state index is -0.547. The Morgan fingerprint density at radius 3 is 2.30 bits per heavy atom. The molecule has 0 bridgehead atoms. The first-order chi connectivity index (χ1) is 10.8. The number of carbonyl (C=O) groups excluding carboxylic acids is 2. The minimum Gasteiger partial charge on any atom is -0.453 e. The van der Waals surface area contributed by atoms with Gasteiger partial charge in [-0.15, -0.1) is 0 Å². The molecule has 2 aliphatic rings. The van der Waals surface area contributed by atoms with Crippen LogP contribution in [0.4, 0.5) is 4.79 Å². The summed E-state index contributed by atoms with van der Waals surface area (Å²) in [6.45, 7) is 9.03. The maximum atomic E-state index is 13.1. The van der Waals surface area contributed by atoms with Crippen LogP contribution in [0.1, 0.15) is 47.0 Å². The van der Waals surface area contributed by atoms with Crippen molar-refractivity contribution < 1.29 is 14.3 Å². The highest BCUT2D eigenvalue weighted by atomic mass is 16.5. The zero-order valence-electron chi connectivity index (χ0n) is 15.0. The van der Waals surface area contributed by atoms with E-state index in [0.29, 0.717) is 5.92 Å². The van der Waals surface area contributed by atoms with Gasteiger partial charge in [-0.1, -0.05) is 39.8 Å². The zero-order valence-corrected chi connectivity index (χ0v) is 15.0. The molecule has 0 aromatic rings. The second kappa shape index (κ2) is 6.93. The third-order valence-electron chi connectivity index (χ3n) is 5.26. The van der Waals surface area contributed by atoms with E-state index >= 15 is 0 Å². The first-order valence-electron chi connectivity index (χ1n) is 8.59. The molecule has 1 spiro atoms. The fourth-order valence-corrected chi connectivity index (χ4v) is 3.86. The van der Waals surface area contributed by atoms with Gasteiger partial charge in [0.15, 0.2) is 0 Å². The first kappa shape index (κ1) is 17.8. The number of nitrogens with one attached hydrogen (secondary N) is 1. The largest absolute Gasteiger partial charge is 0.453 e. The Kier molecular flexibility index (Phi) is 5.37. The molecule has 1 fully saturated rings. The van der Waals surface area contributed by atoms with E-state index in [9.17, 15) is 9.59 Å². The molecule has 0 unspecified atom stereocenters. The molecule has 0 aromatic heterocycles. The van der Waals surface area contributed by atoms with E-state index in [1.54, 1.807) is 0 Å². The molecule has 1 aliphatic carbocycles. The normalized spacial score (nSPS) is 23.8. The van der Waals surface area contributed by atoms with Gasteiger partial charge in [0.1, 0.15) is 6.04 Å². The molecule has 1 heterocycles. The van der Waals surface area contributed by atoms with Crippen LogP contribution in [0.25, 0.3) is 0 Å². The number of carbonyl (C=O) groups is 2. The van der Waals surface area contributed by atoms with Gasteiger partial charge in [0.05, 0.1) is 7.11 Å². The van der Waals surface area contributed by atoms with E-state index in [0.717, 1.165) is 25.8 Å². The molecule has 2 amide bonds. The van der Waals surface area contributed by atoms with E-state index in [1.165, 1.54) is 7.11 Å². The summed E-state index contributed by atoms with van der Waals surface area (Å²) in [7, 11) is 1.32. The third-order valence-corrected chi connectivity index (χ3v) is 5.26. The first-order valence-corrected chi connectivity index (χ1v) is 8.59. The van der Waals surface area contributed by atoms with E-state index in [-0.39, 0.29) is 23.3 Å². The van der Waals surface area contributed by atoms with E-state index in [1.807, 2.05) is 18.7 Å². The lowest BCUT2D eigenvalue weighted by molar-refractivity contribution is -0.136. The van der Waals surface area contributed by atoms with Crippen molar-refractivity contribution in [2.45, 2.75) is 59.0 Å². The molecule has 23 heavy (non-hydrogen) atoms. The molecule has 1 N–H and O–H groups in total. The lowest BCUT2D eigenvalue weighted by atomic mass is 9.81. The summed E-state index contributed by atoms with van der Waals surface area (Å²) < 4.78 is 4.68. The van der Waals surface area contributed by atoms with Crippen LogP contribution in [-0.4, -0.2) is 42.6 Å². The van der Waals surface area contributed by atoms with E-state index < -0.39 is 12.1 Å². The predicted molar refractivity (Wildman–Crippen MR) is 89.9 cm³/mol. The summed E-state index contributed by atoms with van der Waals surface area (Å²) >= 11 is 0. The van der Waals surface area contributed by atoms with E-state index in [4.69, 9.17) is 0 Å². The fourth-order valence-electron chi connectivity index (χ4n) is 3.86. The average molecular weight is 322 g/mol. The molecule has 5 nitrogen and oxygen atoms in total. The van der Waals surface area contributed by atoms with Gasteiger partial charge in [-0.25, -0.2) is 4.79 Å². The number of hydrogen-bond acceptors (Lipinski definition) is 3. The van der Waals surface area contributed by atoms with Crippen LogP contribution in [0.2, 0.25) is 0 Å². The van der Waals surface area contributed by atoms with Gasteiger partial charge in [-0.2, -0.15) is 0 Å². The van der Waals surface area contributed by atoms with Crippen molar-refractivity contribution in [3.05, 3.63) is 12.2 Å². The molecular formula is C18H30N2O3. The molecule has 130 valence electrons.